The molecule has 1 aromatic heterocycles. The molecule has 236 valence electrons. The zero-order chi connectivity index (χ0) is 31.4. The molecule has 3 aliphatic rings. The lowest BCUT2D eigenvalue weighted by molar-refractivity contribution is -0.151. The molecule has 1 unspecified atom stereocenters. The third-order valence-corrected chi connectivity index (χ3v) is 12.0. The first-order chi connectivity index (χ1) is 21.8. The van der Waals surface area contributed by atoms with Crippen molar-refractivity contribution >= 4 is 21.5 Å². The van der Waals surface area contributed by atoms with Crippen molar-refractivity contribution in [2.24, 2.45) is 17.8 Å². The van der Waals surface area contributed by atoms with E-state index in [1.54, 1.807) is 12.1 Å². The summed E-state index contributed by atoms with van der Waals surface area (Å²) in [4.78, 5) is 21.6. The van der Waals surface area contributed by atoms with Crippen molar-refractivity contribution in [1.29, 1.82) is 5.26 Å². The predicted molar refractivity (Wildman–Crippen MR) is 172 cm³/mol. The standard InChI is InChI=1S/C36H42N4O4S/c1-2-35(41)44-34-10-6-9-33(34)36(26-37,28-7-4-3-5-8-28)29-17-21-39(22-18-29)23-27-24-40(25-27)30-11-13-31(14-12-30)45(42,43)32-15-19-38-20-16-32/h3-5,7-8,11-16,19-20,27,29,33-34H,2,6,9-10,17-18,21-25H2,1H3/t33-,34-,36?/m1/s1. The molecule has 0 amide bonds. The number of hydrogen-bond acceptors (Lipinski definition) is 8. The maximum absolute atomic E-state index is 12.9. The number of sulfone groups is 1. The number of esters is 1. The zero-order valence-electron chi connectivity index (χ0n) is 25.9. The zero-order valence-corrected chi connectivity index (χ0v) is 26.7. The van der Waals surface area contributed by atoms with Gasteiger partial charge in [0, 0.05) is 56.0 Å². The summed E-state index contributed by atoms with van der Waals surface area (Å²) < 4.78 is 31.8. The van der Waals surface area contributed by atoms with E-state index < -0.39 is 15.3 Å². The normalized spacial score (nSPS) is 22.7. The highest BCUT2D eigenvalue weighted by Crippen LogP contribution is 2.51. The number of benzene rings is 2. The molecule has 3 atom stereocenters. The number of likely N-dealkylation sites (tertiary alicyclic amines) is 1. The van der Waals surface area contributed by atoms with Crippen LogP contribution in [0.4, 0.5) is 5.69 Å². The van der Waals surface area contributed by atoms with Crippen molar-refractivity contribution in [2.75, 3.05) is 37.6 Å². The van der Waals surface area contributed by atoms with Crippen LogP contribution in [0.3, 0.4) is 0 Å². The average Bonchev–Trinajstić information content (AvgIpc) is 3.53. The van der Waals surface area contributed by atoms with E-state index in [1.165, 1.54) is 24.5 Å². The van der Waals surface area contributed by atoms with Crippen LogP contribution in [-0.2, 0) is 24.8 Å². The van der Waals surface area contributed by atoms with Gasteiger partial charge in [0.05, 0.1) is 21.3 Å². The lowest BCUT2D eigenvalue weighted by Gasteiger charge is -2.48. The summed E-state index contributed by atoms with van der Waals surface area (Å²) in [6.45, 7) is 6.62. The second-order valence-corrected chi connectivity index (χ2v) is 14.7. The highest BCUT2D eigenvalue weighted by molar-refractivity contribution is 7.91. The van der Waals surface area contributed by atoms with Gasteiger partial charge in [-0.15, -0.1) is 0 Å². The van der Waals surface area contributed by atoms with Crippen LogP contribution >= 0.6 is 0 Å². The molecule has 9 heteroatoms. The predicted octanol–water partition coefficient (Wildman–Crippen LogP) is 5.65. The van der Waals surface area contributed by atoms with Gasteiger partial charge in [0.25, 0.3) is 0 Å². The third kappa shape index (κ3) is 6.23. The van der Waals surface area contributed by atoms with Crippen molar-refractivity contribution in [3.63, 3.8) is 0 Å². The summed E-state index contributed by atoms with van der Waals surface area (Å²) in [5.41, 5.74) is 1.42. The molecule has 6 rings (SSSR count). The Morgan fingerprint density at radius 1 is 0.956 bits per heavy atom. The van der Waals surface area contributed by atoms with Gasteiger partial charge in [0.2, 0.25) is 9.84 Å². The molecule has 0 spiro atoms. The fourth-order valence-electron chi connectivity index (χ4n) is 7.87. The Bertz CT molecular complexity index is 1600. The van der Waals surface area contributed by atoms with Gasteiger partial charge >= 0.3 is 5.97 Å². The Morgan fingerprint density at radius 3 is 2.27 bits per heavy atom. The smallest absolute Gasteiger partial charge is 0.305 e. The molecule has 0 bridgehead atoms. The molecule has 1 saturated carbocycles. The van der Waals surface area contributed by atoms with Gasteiger partial charge in [0.1, 0.15) is 6.10 Å². The Hall–Kier alpha value is -3.74. The summed E-state index contributed by atoms with van der Waals surface area (Å²) in [5.74, 6) is 0.571. The van der Waals surface area contributed by atoms with Crippen LogP contribution in [-0.4, -0.2) is 63.1 Å². The van der Waals surface area contributed by atoms with E-state index in [1.807, 2.05) is 37.3 Å². The molecular formula is C36H42N4O4S. The minimum Gasteiger partial charge on any atom is -0.462 e. The molecule has 1 aliphatic carbocycles. The maximum Gasteiger partial charge on any atom is 0.305 e. The van der Waals surface area contributed by atoms with Crippen LogP contribution in [0.25, 0.3) is 0 Å². The highest BCUT2D eigenvalue weighted by Gasteiger charge is 2.53. The number of carbonyl (C=O) groups excluding carboxylic acids is 1. The van der Waals surface area contributed by atoms with Gasteiger partial charge in [-0.05, 0) is 93.1 Å². The largest absolute Gasteiger partial charge is 0.462 e. The van der Waals surface area contributed by atoms with E-state index in [-0.39, 0.29) is 33.7 Å². The highest BCUT2D eigenvalue weighted by atomic mass is 32.2. The first-order valence-corrected chi connectivity index (χ1v) is 17.7. The average molecular weight is 627 g/mol. The number of nitriles is 1. The van der Waals surface area contributed by atoms with E-state index in [4.69, 9.17) is 4.74 Å². The van der Waals surface area contributed by atoms with E-state index in [9.17, 15) is 18.5 Å². The van der Waals surface area contributed by atoms with Crippen molar-refractivity contribution in [1.82, 2.24) is 9.88 Å². The first kappa shape index (κ1) is 31.3. The van der Waals surface area contributed by atoms with Crippen LogP contribution < -0.4 is 4.90 Å². The monoisotopic (exact) mass is 626 g/mol. The summed E-state index contributed by atoms with van der Waals surface area (Å²) >= 11 is 0. The minimum atomic E-state index is -3.56. The summed E-state index contributed by atoms with van der Waals surface area (Å²) in [7, 11) is -3.56. The number of rotatable bonds is 10. The topological polar surface area (TPSA) is 104 Å². The number of piperidine rings is 1. The third-order valence-electron chi connectivity index (χ3n) is 10.2. The number of pyridine rings is 1. The molecular weight excluding hydrogens is 584 g/mol. The molecule has 45 heavy (non-hydrogen) atoms. The van der Waals surface area contributed by atoms with Gasteiger partial charge in [-0.25, -0.2) is 8.42 Å². The van der Waals surface area contributed by atoms with Crippen LogP contribution in [0.15, 0.2) is 88.9 Å². The van der Waals surface area contributed by atoms with E-state index in [0.717, 1.165) is 76.1 Å². The summed E-state index contributed by atoms with van der Waals surface area (Å²) in [6, 6.07) is 23.3. The maximum atomic E-state index is 12.9. The molecule has 0 N–H and O–H groups in total. The van der Waals surface area contributed by atoms with E-state index >= 15 is 0 Å². The van der Waals surface area contributed by atoms with Crippen molar-refractivity contribution in [3.8, 4) is 6.07 Å². The van der Waals surface area contributed by atoms with Crippen molar-refractivity contribution in [2.45, 2.75) is 66.8 Å². The molecule has 0 radical (unpaired) electrons. The quantitative estimate of drug-likeness (QED) is 0.266. The van der Waals surface area contributed by atoms with Crippen molar-refractivity contribution < 1.29 is 17.9 Å². The summed E-state index contributed by atoms with van der Waals surface area (Å²) in [5, 5.41) is 10.9. The Morgan fingerprint density at radius 2 is 1.62 bits per heavy atom. The lowest BCUT2D eigenvalue weighted by atomic mass is 9.59. The fraction of sp³-hybridized carbons (Fsp3) is 0.472. The van der Waals surface area contributed by atoms with Gasteiger partial charge in [-0.2, -0.15) is 5.26 Å². The van der Waals surface area contributed by atoms with Gasteiger partial charge in [0.15, 0.2) is 0 Å². The second kappa shape index (κ2) is 13.3. The lowest BCUT2D eigenvalue weighted by Crippen LogP contribution is -2.54. The molecule has 3 fully saturated rings. The van der Waals surface area contributed by atoms with Gasteiger partial charge < -0.3 is 14.5 Å². The van der Waals surface area contributed by atoms with Gasteiger partial charge in [-0.3, -0.25) is 9.78 Å². The molecule has 2 aromatic carbocycles. The molecule has 3 heterocycles. The fourth-order valence-corrected chi connectivity index (χ4v) is 9.11. The first-order valence-electron chi connectivity index (χ1n) is 16.2. The second-order valence-electron chi connectivity index (χ2n) is 12.8. The molecule has 2 aliphatic heterocycles. The van der Waals surface area contributed by atoms with Gasteiger partial charge in [-0.1, -0.05) is 37.3 Å². The molecule has 2 saturated heterocycles. The number of carbonyl (C=O) groups is 1. The van der Waals surface area contributed by atoms with Crippen molar-refractivity contribution in [3.05, 3.63) is 84.7 Å². The summed E-state index contributed by atoms with van der Waals surface area (Å²) in [6.07, 6.45) is 7.71. The van der Waals surface area contributed by atoms with Crippen LogP contribution in [0.1, 0.15) is 51.0 Å². The van der Waals surface area contributed by atoms with E-state index in [0.29, 0.717) is 12.3 Å². The number of aromatic nitrogens is 1. The number of ether oxygens (including phenoxy) is 1. The van der Waals surface area contributed by atoms with Crippen LogP contribution in [0, 0.1) is 29.1 Å². The number of anilines is 1. The number of hydrogen-bond donors (Lipinski definition) is 0. The van der Waals surface area contributed by atoms with Crippen LogP contribution in [0.5, 0.6) is 0 Å². The SMILES string of the molecule is CCC(=O)O[C@@H]1CCC[C@H]1C(C#N)(c1ccccc1)C1CCN(CC2CN(c3ccc(S(=O)(=O)c4ccncc4)cc3)C2)CC1. The Labute approximate surface area is 266 Å². The molecule has 3 aromatic rings. The van der Waals surface area contributed by atoms with E-state index in [2.05, 4.69) is 33.0 Å². The number of nitrogens with zero attached hydrogens (tertiary/aromatic N) is 4. The van der Waals surface area contributed by atoms with Crippen LogP contribution in [0.2, 0.25) is 0 Å². The molecule has 8 nitrogen and oxygen atoms in total. The minimum absolute atomic E-state index is 0.00298. The Kier molecular flexibility index (Phi) is 9.25. The Balaban J connectivity index is 1.07.